The molecule has 1 saturated carbocycles. The Morgan fingerprint density at radius 2 is 1.90 bits per heavy atom. The number of anilines is 1. The SMILES string of the molecule is O=C(C[C@@H]1CC[C@H]2[C@@H](COC[C@H](O)CN2C(=O)Nc2ccc(F)cc2)O1)NC1CCC1. The number of rotatable bonds is 4. The first-order chi connectivity index (χ1) is 15.0. The number of amides is 3. The van der Waals surface area contributed by atoms with Gasteiger partial charge in [-0.3, -0.25) is 4.79 Å². The van der Waals surface area contributed by atoms with E-state index in [1.165, 1.54) is 24.3 Å². The number of β-amino-alcohol motifs (C(OH)–C–C–N with tert-alkyl or cyclic N) is 1. The van der Waals surface area contributed by atoms with E-state index >= 15 is 0 Å². The number of carbonyl (C=O) groups excluding carboxylic acids is 2. The van der Waals surface area contributed by atoms with Gasteiger partial charge in [-0.1, -0.05) is 0 Å². The van der Waals surface area contributed by atoms with Crippen LogP contribution in [0.3, 0.4) is 0 Å². The molecule has 1 aliphatic carbocycles. The lowest BCUT2D eigenvalue weighted by molar-refractivity contribution is -0.150. The van der Waals surface area contributed by atoms with Gasteiger partial charge in [0.1, 0.15) is 11.9 Å². The lowest BCUT2D eigenvalue weighted by Gasteiger charge is -2.44. The third-order valence-corrected chi connectivity index (χ3v) is 6.22. The average molecular weight is 435 g/mol. The zero-order chi connectivity index (χ0) is 21.8. The molecule has 4 rings (SSSR count). The van der Waals surface area contributed by atoms with E-state index in [0.29, 0.717) is 31.0 Å². The molecule has 9 heteroatoms. The molecule has 3 aliphatic rings. The van der Waals surface area contributed by atoms with E-state index in [4.69, 9.17) is 9.47 Å². The van der Waals surface area contributed by atoms with Gasteiger partial charge in [-0.25, -0.2) is 9.18 Å². The number of benzene rings is 1. The van der Waals surface area contributed by atoms with Gasteiger partial charge < -0.3 is 30.1 Å². The highest BCUT2D eigenvalue weighted by molar-refractivity contribution is 5.89. The molecule has 0 unspecified atom stereocenters. The molecule has 2 aliphatic heterocycles. The van der Waals surface area contributed by atoms with Crippen molar-refractivity contribution in [2.24, 2.45) is 0 Å². The van der Waals surface area contributed by atoms with Gasteiger partial charge in [-0.2, -0.15) is 0 Å². The number of halogens is 1. The van der Waals surface area contributed by atoms with Gasteiger partial charge in [0.05, 0.1) is 44.4 Å². The summed E-state index contributed by atoms with van der Waals surface area (Å²) in [5, 5.41) is 16.0. The summed E-state index contributed by atoms with van der Waals surface area (Å²) < 4.78 is 24.9. The van der Waals surface area contributed by atoms with Crippen LogP contribution in [0.15, 0.2) is 24.3 Å². The Bertz CT molecular complexity index is 773. The molecule has 2 heterocycles. The Hall–Kier alpha value is -2.23. The highest BCUT2D eigenvalue weighted by atomic mass is 19.1. The van der Waals surface area contributed by atoms with Crippen LogP contribution in [0.5, 0.6) is 0 Å². The first-order valence-corrected chi connectivity index (χ1v) is 11.0. The minimum atomic E-state index is -0.814. The summed E-state index contributed by atoms with van der Waals surface area (Å²) in [5.74, 6) is -0.383. The molecule has 3 fully saturated rings. The maximum atomic E-state index is 13.2. The molecule has 0 radical (unpaired) electrons. The summed E-state index contributed by atoms with van der Waals surface area (Å²) in [4.78, 5) is 26.8. The normalized spacial score (nSPS) is 29.2. The number of nitrogens with one attached hydrogen (secondary N) is 2. The van der Waals surface area contributed by atoms with Crippen molar-refractivity contribution in [2.45, 2.75) is 68.9 Å². The van der Waals surface area contributed by atoms with Crippen molar-refractivity contribution in [3.05, 3.63) is 30.1 Å². The molecular formula is C22H30FN3O5. The fraction of sp³-hybridized carbons (Fsp3) is 0.636. The van der Waals surface area contributed by atoms with Crippen molar-refractivity contribution < 1.29 is 28.6 Å². The smallest absolute Gasteiger partial charge is 0.322 e. The number of hydrogen-bond donors (Lipinski definition) is 3. The van der Waals surface area contributed by atoms with Crippen molar-refractivity contribution in [1.29, 1.82) is 0 Å². The van der Waals surface area contributed by atoms with Crippen LogP contribution in [0, 0.1) is 5.82 Å². The van der Waals surface area contributed by atoms with E-state index in [2.05, 4.69) is 10.6 Å². The van der Waals surface area contributed by atoms with E-state index in [0.717, 1.165) is 19.3 Å². The number of aliphatic hydroxyl groups excluding tert-OH is 1. The summed E-state index contributed by atoms with van der Waals surface area (Å²) in [5.41, 5.74) is 0.470. The lowest BCUT2D eigenvalue weighted by Crippen LogP contribution is -2.58. The van der Waals surface area contributed by atoms with Crippen LogP contribution in [0.1, 0.15) is 38.5 Å². The molecule has 1 aromatic rings. The number of aliphatic hydroxyl groups is 1. The largest absolute Gasteiger partial charge is 0.389 e. The van der Waals surface area contributed by atoms with Gasteiger partial charge in [0.25, 0.3) is 0 Å². The molecule has 31 heavy (non-hydrogen) atoms. The van der Waals surface area contributed by atoms with E-state index in [9.17, 15) is 19.1 Å². The van der Waals surface area contributed by atoms with Crippen molar-refractivity contribution in [3.8, 4) is 0 Å². The van der Waals surface area contributed by atoms with Crippen molar-refractivity contribution in [1.82, 2.24) is 10.2 Å². The lowest BCUT2D eigenvalue weighted by atomic mass is 9.92. The Kier molecular flexibility index (Phi) is 7.04. The molecule has 3 N–H and O–H groups in total. The van der Waals surface area contributed by atoms with Crippen molar-refractivity contribution in [2.75, 3.05) is 25.1 Å². The third-order valence-electron chi connectivity index (χ3n) is 6.22. The topological polar surface area (TPSA) is 100 Å². The zero-order valence-corrected chi connectivity index (χ0v) is 17.5. The second-order valence-electron chi connectivity index (χ2n) is 8.62. The highest BCUT2D eigenvalue weighted by Crippen LogP contribution is 2.28. The summed E-state index contributed by atoms with van der Waals surface area (Å²) >= 11 is 0. The zero-order valence-electron chi connectivity index (χ0n) is 17.5. The van der Waals surface area contributed by atoms with E-state index in [1.807, 2.05) is 0 Å². The number of hydrogen-bond acceptors (Lipinski definition) is 5. The summed E-state index contributed by atoms with van der Waals surface area (Å²) in [6.45, 7) is 0.437. The average Bonchev–Trinajstić information content (AvgIpc) is 2.70. The quantitative estimate of drug-likeness (QED) is 0.672. The number of carbonyl (C=O) groups is 2. The van der Waals surface area contributed by atoms with E-state index in [1.54, 1.807) is 4.90 Å². The number of fused-ring (bicyclic) bond motifs is 1. The predicted octanol–water partition coefficient (Wildman–Crippen LogP) is 2.03. The standard InChI is InChI=1S/C22H30FN3O5/c23-14-4-6-16(7-5-14)25-22(29)26-11-17(27)12-30-13-20-19(26)9-8-18(31-20)10-21(28)24-15-2-1-3-15/h4-7,15,17-20,27H,1-3,8-13H2,(H,24,28)(H,25,29)/t17-,18+,19+,20-/m1/s1. The number of nitrogens with zero attached hydrogens (tertiary/aromatic N) is 1. The molecule has 1 aromatic carbocycles. The molecule has 2 saturated heterocycles. The Morgan fingerprint density at radius 1 is 1.13 bits per heavy atom. The van der Waals surface area contributed by atoms with E-state index in [-0.39, 0.29) is 55.8 Å². The van der Waals surface area contributed by atoms with Crippen LogP contribution < -0.4 is 10.6 Å². The molecule has 170 valence electrons. The van der Waals surface area contributed by atoms with Crippen molar-refractivity contribution in [3.63, 3.8) is 0 Å². The van der Waals surface area contributed by atoms with E-state index < -0.39 is 6.10 Å². The Balaban J connectivity index is 1.39. The van der Waals surface area contributed by atoms with Gasteiger partial charge in [0, 0.05) is 11.7 Å². The highest BCUT2D eigenvalue weighted by Gasteiger charge is 2.40. The predicted molar refractivity (Wildman–Crippen MR) is 111 cm³/mol. The van der Waals surface area contributed by atoms with Crippen LogP contribution in [0.2, 0.25) is 0 Å². The maximum absolute atomic E-state index is 13.2. The number of ether oxygens (including phenoxy) is 2. The Morgan fingerprint density at radius 3 is 2.61 bits per heavy atom. The number of urea groups is 1. The second-order valence-corrected chi connectivity index (χ2v) is 8.62. The molecule has 0 spiro atoms. The van der Waals surface area contributed by atoms with Gasteiger partial charge in [-0.05, 0) is 56.4 Å². The van der Waals surface area contributed by atoms with Crippen LogP contribution in [-0.2, 0) is 14.3 Å². The molecule has 8 nitrogen and oxygen atoms in total. The van der Waals surface area contributed by atoms with Crippen molar-refractivity contribution >= 4 is 17.6 Å². The maximum Gasteiger partial charge on any atom is 0.322 e. The molecular weight excluding hydrogens is 405 g/mol. The monoisotopic (exact) mass is 435 g/mol. The van der Waals surface area contributed by atoms with Crippen LogP contribution in [0.4, 0.5) is 14.9 Å². The molecule has 0 bridgehead atoms. The molecule has 3 amide bonds. The van der Waals surface area contributed by atoms with Gasteiger partial charge in [-0.15, -0.1) is 0 Å². The first-order valence-electron chi connectivity index (χ1n) is 11.0. The van der Waals surface area contributed by atoms with Crippen LogP contribution >= 0.6 is 0 Å². The minimum absolute atomic E-state index is 0.00115. The van der Waals surface area contributed by atoms with Gasteiger partial charge >= 0.3 is 6.03 Å². The molecule has 0 aromatic heterocycles. The summed E-state index contributed by atoms with van der Waals surface area (Å²) in [6.07, 6.45) is 3.38. The molecule has 4 atom stereocenters. The minimum Gasteiger partial charge on any atom is -0.389 e. The fourth-order valence-corrected chi connectivity index (χ4v) is 4.35. The second kappa shape index (κ2) is 9.93. The van der Waals surface area contributed by atoms with Crippen LogP contribution in [-0.4, -0.2) is 72.1 Å². The van der Waals surface area contributed by atoms with Gasteiger partial charge in [0.15, 0.2) is 0 Å². The summed E-state index contributed by atoms with van der Waals surface area (Å²) in [6, 6.07) is 5.15. The third kappa shape index (κ3) is 5.72. The first kappa shape index (κ1) is 22.0. The van der Waals surface area contributed by atoms with Gasteiger partial charge in [0.2, 0.25) is 5.91 Å². The Labute approximate surface area is 181 Å². The fourth-order valence-electron chi connectivity index (χ4n) is 4.35. The van der Waals surface area contributed by atoms with Crippen LogP contribution in [0.25, 0.3) is 0 Å². The summed E-state index contributed by atoms with van der Waals surface area (Å²) in [7, 11) is 0.